The Morgan fingerprint density at radius 1 is 0.852 bits per heavy atom. The summed E-state index contributed by atoms with van der Waals surface area (Å²) in [6.07, 6.45) is 6.72. The number of nitro groups is 1. The van der Waals surface area contributed by atoms with Crippen LogP contribution in [0.3, 0.4) is 0 Å². The zero-order valence-corrected chi connectivity index (χ0v) is 46.7. The molecule has 3 aliphatic rings. The number of amides is 7. The van der Waals surface area contributed by atoms with E-state index in [1.54, 1.807) is 0 Å². The Balaban J connectivity index is 0.818. The number of aromatic nitrogens is 4. The van der Waals surface area contributed by atoms with E-state index >= 15 is 0 Å². The van der Waals surface area contributed by atoms with Gasteiger partial charge in [0.2, 0.25) is 35.5 Å². The first-order valence-electron chi connectivity index (χ1n) is 27.4. The molecule has 2 saturated heterocycles. The summed E-state index contributed by atoms with van der Waals surface area (Å²) in [7, 11) is 1.36. The normalized spacial score (nSPS) is 17.2. The number of unbranched alkanes of at least 4 members (excludes halogenated alkanes) is 4. The van der Waals surface area contributed by atoms with Gasteiger partial charge in [0.1, 0.15) is 24.3 Å². The summed E-state index contributed by atoms with van der Waals surface area (Å²) in [6, 6.07) is 9.17. The van der Waals surface area contributed by atoms with Crippen LogP contribution < -0.4 is 57.2 Å². The lowest BCUT2D eigenvalue weighted by Gasteiger charge is -2.21. The number of anilines is 1. The van der Waals surface area contributed by atoms with Gasteiger partial charge in [0, 0.05) is 62.9 Å². The first kappa shape index (κ1) is 60.6. The molecule has 81 heavy (non-hydrogen) atoms. The lowest BCUT2D eigenvalue weighted by atomic mass is 10.0. The summed E-state index contributed by atoms with van der Waals surface area (Å²) in [6.45, 7) is 4.97. The van der Waals surface area contributed by atoms with Gasteiger partial charge in [-0.2, -0.15) is 32.0 Å². The molecule has 2 aromatic carbocycles. The van der Waals surface area contributed by atoms with E-state index in [1.807, 2.05) is 43.0 Å². The Morgan fingerprint density at radius 3 is 2.30 bits per heavy atom. The molecular weight excluding hydrogens is 1070 g/mol. The van der Waals surface area contributed by atoms with Gasteiger partial charge in [0.15, 0.2) is 22.8 Å². The van der Waals surface area contributed by atoms with Crippen molar-refractivity contribution >= 4 is 70.3 Å². The van der Waals surface area contributed by atoms with Crippen LogP contribution >= 0.6 is 11.8 Å². The molecule has 4 aromatic rings. The Labute approximate surface area is 472 Å². The number of ether oxygens (including phenoxy) is 4. The SMILES string of the molecule is COc1cc(C(C)OC(=O)NC(CCCCNC(=O)CCC2(C)N=N2)C(=O)NCCCCCNC(=O)CCCCC2SCC3NC(=O)NC32)c([N+](=O)[O-])cc1OCCCC(=O)NCc1ccc(COc2nc(N)nc3nc[nH]c23)cc1. The number of benzene rings is 2. The zero-order valence-electron chi connectivity index (χ0n) is 45.8. The summed E-state index contributed by atoms with van der Waals surface area (Å²) < 4.78 is 22.9. The molecule has 7 amide bonds. The van der Waals surface area contributed by atoms with Crippen LogP contribution in [0.5, 0.6) is 17.4 Å². The predicted octanol–water partition coefficient (Wildman–Crippen LogP) is 5.44. The maximum Gasteiger partial charge on any atom is 0.408 e. The Kier molecular flexibility index (Phi) is 22.4. The number of urea groups is 1. The molecule has 0 radical (unpaired) electrons. The predicted molar refractivity (Wildman–Crippen MR) is 298 cm³/mol. The van der Waals surface area contributed by atoms with E-state index in [0.29, 0.717) is 74.6 Å². The maximum atomic E-state index is 13.5. The second kappa shape index (κ2) is 30.0. The number of alkyl carbamates (subject to hydrolysis) is 1. The first-order valence-corrected chi connectivity index (χ1v) is 28.4. The first-order chi connectivity index (χ1) is 39.1. The van der Waals surface area contributed by atoms with Gasteiger partial charge in [-0.1, -0.05) is 30.7 Å². The van der Waals surface area contributed by atoms with E-state index < -0.39 is 40.4 Å². The van der Waals surface area contributed by atoms with Gasteiger partial charge >= 0.3 is 12.1 Å². The molecule has 0 bridgehead atoms. The smallest absolute Gasteiger partial charge is 0.408 e. The molecule has 10 N–H and O–H groups in total. The fourth-order valence-electron chi connectivity index (χ4n) is 9.20. The number of nitrogen functional groups attached to an aromatic ring is 1. The molecule has 438 valence electrons. The van der Waals surface area contributed by atoms with E-state index in [1.165, 1.54) is 32.5 Å². The number of thioether (sulfide) groups is 1. The zero-order chi connectivity index (χ0) is 57.7. The number of fused-ring (bicyclic) bond motifs is 2. The standard InChI is InChI=1S/C53H73N15O12S/c1-32(35-26-39(77-3)40(27-38(35)68(75)76)78-25-11-15-43(70)58-28-33-16-18-34(19-17-33)29-79-49-46-47(60-31-59-46)64-50(54)65-49)80-52(74)62-36(12-7-10-23-56-44(71)20-21-53(2)66-67-53)48(72)57-24-9-4-8-22-55-42(69)14-6-5-13-41-45-37(30-81-41)61-51(73)63-45/h16-19,26-27,31-32,36-37,41,45H,4-15,20-25,28-30H2,1-3H3,(H,55,69)(H,56,71)(H,57,72)(H,58,70)(H,62,74)(H2,61,63,73)(H3,54,59,60,64,65). The van der Waals surface area contributed by atoms with Gasteiger partial charge < -0.3 is 66.9 Å². The number of nitrogens with two attached hydrogens (primary N) is 1. The van der Waals surface area contributed by atoms with Crippen molar-refractivity contribution in [1.29, 1.82) is 0 Å². The van der Waals surface area contributed by atoms with Crippen LogP contribution in [0.1, 0.15) is 127 Å². The van der Waals surface area contributed by atoms with Crippen molar-refractivity contribution in [2.45, 2.75) is 152 Å². The number of methoxy groups -OCH3 is 1. The monoisotopic (exact) mass is 1140 g/mol. The summed E-state index contributed by atoms with van der Waals surface area (Å²) in [5.41, 5.74) is 7.53. The number of imidazole rings is 1. The largest absolute Gasteiger partial charge is 0.493 e. The van der Waals surface area contributed by atoms with Crippen LogP contribution in [0.15, 0.2) is 53.0 Å². The van der Waals surface area contributed by atoms with E-state index in [0.717, 1.165) is 42.6 Å². The number of nitrogens with one attached hydrogen (secondary N) is 8. The van der Waals surface area contributed by atoms with Crippen molar-refractivity contribution in [3.63, 3.8) is 0 Å². The van der Waals surface area contributed by atoms with Crippen LogP contribution in [0, 0.1) is 10.1 Å². The molecule has 2 fully saturated rings. The second-order valence-electron chi connectivity index (χ2n) is 20.2. The summed E-state index contributed by atoms with van der Waals surface area (Å²) in [5, 5.41) is 40.7. The van der Waals surface area contributed by atoms with Crippen molar-refractivity contribution in [2.75, 3.05) is 44.8 Å². The van der Waals surface area contributed by atoms with E-state index in [2.05, 4.69) is 67.4 Å². The molecule has 3 aliphatic heterocycles. The minimum Gasteiger partial charge on any atom is -0.493 e. The lowest BCUT2D eigenvalue weighted by Crippen LogP contribution is -2.47. The Morgan fingerprint density at radius 2 is 1.56 bits per heavy atom. The topological polar surface area (TPSA) is 372 Å². The average molecular weight is 1140 g/mol. The highest BCUT2D eigenvalue weighted by atomic mass is 32.2. The fraction of sp³-hybridized carbons (Fsp3) is 0.566. The number of H-pyrrole nitrogens is 1. The summed E-state index contributed by atoms with van der Waals surface area (Å²) in [4.78, 5) is 103. The van der Waals surface area contributed by atoms with Crippen LogP contribution in [0.4, 0.5) is 21.2 Å². The number of carbonyl (C=O) groups is 6. The van der Waals surface area contributed by atoms with Crippen molar-refractivity contribution < 1.29 is 52.6 Å². The number of rotatable bonds is 35. The van der Waals surface area contributed by atoms with Crippen LogP contribution in [-0.4, -0.2) is 129 Å². The number of hydrogen-bond acceptors (Lipinski definition) is 19. The molecule has 2 aromatic heterocycles. The van der Waals surface area contributed by atoms with E-state index in [9.17, 15) is 38.9 Å². The molecule has 5 heterocycles. The molecule has 0 saturated carbocycles. The Hall–Kier alpha value is -8.04. The van der Waals surface area contributed by atoms with Crippen molar-refractivity contribution in [3.05, 3.63) is 69.5 Å². The van der Waals surface area contributed by atoms with Gasteiger partial charge in [0.25, 0.3) is 5.69 Å². The number of carbonyl (C=O) groups excluding carboxylic acids is 6. The quantitative estimate of drug-likeness (QED) is 0.0120. The maximum absolute atomic E-state index is 13.5. The summed E-state index contributed by atoms with van der Waals surface area (Å²) >= 11 is 1.86. The molecule has 28 heteroatoms. The molecular formula is C53H73N15O12S. The van der Waals surface area contributed by atoms with E-state index in [4.69, 9.17) is 24.7 Å². The third kappa shape index (κ3) is 19.1. The molecule has 5 atom stereocenters. The summed E-state index contributed by atoms with van der Waals surface area (Å²) in [5.74, 6) is 0.565. The van der Waals surface area contributed by atoms with Crippen molar-refractivity contribution in [2.24, 2.45) is 10.2 Å². The second-order valence-corrected chi connectivity index (χ2v) is 21.5. The molecule has 7 rings (SSSR count). The third-order valence-electron chi connectivity index (χ3n) is 13.9. The van der Waals surface area contributed by atoms with Gasteiger partial charge in [-0.05, 0) is 88.8 Å². The average Bonchev–Trinajstić information content (AvgIpc) is 3.69. The molecule has 0 aliphatic carbocycles. The van der Waals surface area contributed by atoms with Gasteiger partial charge in [-0.25, -0.2) is 14.6 Å². The minimum absolute atomic E-state index is 0.00692. The van der Waals surface area contributed by atoms with E-state index in [-0.39, 0.29) is 110 Å². The minimum atomic E-state index is -1.18. The highest BCUT2D eigenvalue weighted by Crippen LogP contribution is 2.39. The Bertz CT molecular complexity index is 2850. The molecule has 0 spiro atoms. The number of nitro benzene ring substituents is 1. The van der Waals surface area contributed by atoms with Crippen LogP contribution in [0.2, 0.25) is 0 Å². The third-order valence-corrected chi connectivity index (χ3v) is 15.4. The number of aromatic amines is 1. The fourth-order valence-corrected chi connectivity index (χ4v) is 10.7. The number of hydrogen-bond donors (Lipinski definition) is 9. The van der Waals surface area contributed by atoms with Gasteiger partial charge in [-0.3, -0.25) is 29.3 Å². The highest BCUT2D eigenvalue weighted by Gasteiger charge is 2.42. The van der Waals surface area contributed by atoms with Gasteiger partial charge in [-0.15, -0.1) is 0 Å². The molecule has 5 unspecified atom stereocenters. The van der Waals surface area contributed by atoms with Crippen LogP contribution in [0.25, 0.3) is 11.2 Å². The van der Waals surface area contributed by atoms with Crippen molar-refractivity contribution in [1.82, 2.24) is 57.2 Å². The number of nitrogens with zero attached hydrogens (tertiary/aromatic N) is 6. The molecule has 27 nitrogen and oxygen atoms in total. The lowest BCUT2D eigenvalue weighted by molar-refractivity contribution is -0.386. The van der Waals surface area contributed by atoms with Crippen molar-refractivity contribution in [3.8, 4) is 17.4 Å². The highest BCUT2D eigenvalue weighted by molar-refractivity contribution is 8.00. The van der Waals surface area contributed by atoms with Gasteiger partial charge in [0.05, 0.1) is 48.7 Å². The van der Waals surface area contributed by atoms with Crippen LogP contribution in [-0.2, 0) is 37.1 Å².